The van der Waals surface area contributed by atoms with Crippen molar-refractivity contribution < 1.29 is 55.2 Å². The molecule has 0 saturated heterocycles. The number of hydrogen-bond donors (Lipinski definition) is 2. The number of carboxylic acids is 1. The van der Waals surface area contributed by atoms with Gasteiger partial charge in [0.2, 0.25) is 0 Å². The summed E-state index contributed by atoms with van der Waals surface area (Å²) in [7, 11) is 0. The van der Waals surface area contributed by atoms with E-state index < -0.39 is 30.4 Å². The highest BCUT2D eigenvalue weighted by molar-refractivity contribution is 5.94. The normalized spacial score (nSPS) is 12.2. The van der Waals surface area contributed by atoms with E-state index in [2.05, 4.69) is 14.8 Å². The van der Waals surface area contributed by atoms with E-state index >= 15 is 0 Å². The summed E-state index contributed by atoms with van der Waals surface area (Å²) in [5.41, 5.74) is 3.16. The van der Waals surface area contributed by atoms with Gasteiger partial charge in [-0.1, -0.05) is 37.3 Å². The third-order valence-corrected chi connectivity index (χ3v) is 6.63. The largest absolute Gasteiger partial charge is 0.573 e. The number of carboxylic acid groups (broad SMARTS) is 1. The lowest BCUT2D eigenvalue weighted by molar-refractivity contribution is -0.275. The Morgan fingerprint density at radius 2 is 1.26 bits per heavy atom. The van der Waals surface area contributed by atoms with Crippen LogP contribution >= 0.6 is 0 Å². The van der Waals surface area contributed by atoms with Gasteiger partial charge in [-0.3, -0.25) is 9.59 Å². The van der Waals surface area contributed by atoms with E-state index in [0.29, 0.717) is 34.4 Å². The lowest BCUT2D eigenvalue weighted by atomic mass is 9.90. The highest BCUT2D eigenvalue weighted by Crippen LogP contribution is 2.37. The molecule has 0 fully saturated rings. The van der Waals surface area contributed by atoms with E-state index in [1.54, 1.807) is 36.4 Å². The molecule has 46 heavy (non-hydrogen) atoms. The number of halogens is 6. The number of benzene rings is 4. The van der Waals surface area contributed by atoms with Crippen LogP contribution in [0, 0.1) is 0 Å². The van der Waals surface area contributed by atoms with Gasteiger partial charge in [-0.05, 0) is 95.3 Å². The maximum absolute atomic E-state index is 12.6. The van der Waals surface area contributed by atoms with E-state index in [4.69, 9.17) is 9.84 Å². The van der Waals surface area contributed by atoms with Crippen LogP contribution in [0.25, 0.3) is 11.1 Å². The summed E-state index contributed by atoms with van der Waals surface area (Å²) in [5.74, 6) is -1.82. The van der Waals surface area contributed by atoms with Crippen LogP contribution in [0.4, 0.5) is 26.3 Å². The van der Waals surface area contributed by atoms with Crippen LogP contribution in [0.1, 0.15) is 40.7 Å². The second-order valence-electron chi connectivity index (χ2n) is 10.1. The first-order valence-electron chi connectivity index (χ1n) is 13.8. The molecule has 4 aromatic carbocycles. The van der Waals surface area contributed by atoms with Crippen molar-refractivity contribution in [2.45, 2.75) is 38.4 Å². The maximum Gasteiger partial charge on any atom is 0.573 e. The van der Waals surface area contributed by atoms with Crippen LogP contribution in [-0.4, -0.2) is 36.3 Å². The van der Waals surface area contributed by atoms with E-state index in [1.807, 2.05) is 13.0 Å². The summed E-state index contributed by atoms with van der Waals surface area (Å²) < 4.78 is 89.4. The average molecular weight is 648 g/mol. The van der Waals surface area contributed by atoms with E-state index in [0.717, 1.165) is 17.7 Å². The van der Waals surface area contributed by atoms with Gasteiger partial charge in [-0.15, -0.1) is 26.3 Å². The zero-order valence-corrected chi connectivity index (χ0v) is 24.1. The molecule has 0 aromatic heterocycles. The zero-order valence-electron chi connectivity index (χ0n) is 24.1. The minimum Gasteiger partial charge on any atom is -0.481 e. The maximum atomic E-state index is 12.6. The molecule has 0 radical (unpaired) electrons. The molecule has 1 amide bonds. The van der Waals surface area contributed by atoms with Crippen LogP contribution in [0.15, 0.2) is 91.0 Å². The Morgan fingerprint density at radius 3 is 1.80 bits per heavy atom. The third-order valence-electron chi connectivity index (χ3n) is 6.63. The second kappa shape index (κ2) is 14.3. The molecule has 7 nitrogen and oxygen atoms in total. The molecular weight excluding hydrogens is 620 g/mol. The molecule has 242 valence electrons. The topological polar surface area (TPSA) is 94.1 Å². The van der Waals surface area contributed by atoms with Gasteiger partial charge in [0.15, 0.2) is 0 Å². The predicted molar refractivity (Wildman–Crippen MR) is 155 cm³/mol. The molecule has 0 aliphatic carbocycles. The Morgan fingerprint density at radius 1 is 0.739 bits per heavy atom. The molecule has 4 aromatic rings. The van der Waals surface area contributed by atoms with Gasteiger partial charge in [0, 0.05) is 12.1 Å². The summed E-state index contributed by atoms with van der Waals surface area (Å²) in [4.78, 5) is 23.0. The molecule has 0 bridgehead atoms. The fraction of sp³-hybridized carbons (Fsp3) is 0.212. The van der Waals surface area contributed by atoms with Crippen LogP contribution in [-0.2, 0) is 11.2 Å². The van der Waals surface area contributed by atoms with Crippen LogP contribution in [0.5, 0.6) is 23.0 Å². The van der Waals surface area contributed by atoms with Crippen LogP contribution in [0.2, 0.25) is 0 Å². The number of hydrogen-bond acceptors (Lipinski definition) is 5. The standard InChI is InChI=1S/C33H27F6NO6/c1-20(18-21-2-4-23(5-3-21)31(43)40-17-16-30(41)42)28-19-24(22-6-9-26(10-7-22)45-32(34,35)36)8-15-29(28)44-25-11-13-27(14-12-25)46-33(37,38)39/h2-15,19-20H,16-18H2,1H3,(H,40,43)(H,41,42). The van der Waals surface area contributed by atoms with Crippen LogP contribution in [0.3, 0.4) is 0 Å². The number of nitrogens with one attached hydrogen (secondary N) is 1. The van der Waals surface area contributed by atoms with Crippen molar-refractivity contribution in [1.29, 1.82) is 0 Å². The Balaban J connectivity index is 1.58. The number of rotatable bonds is 12. The van der Waals surface area contributed by atoms with Gasteiger partial charge < -0.3 is 24.6 Å². The van der Waals surface area contributed by atoms with Crippen molar-refractivity contribution in [2.24, 2.45) is 0 Å². The van der Waals surface area contributed by atoms with Crippen molar-refractivity contribution in [1.82, 2.24) is 5.32 Å². The summed E-state index contributed by atoms with van der Waals surface area (Å²) >= 11 is 0. The number of amides is 1. The monoisotopic (exact) mass is 647 g/mol. The highest BCUT2D eigenvalue weighted by Gasteiger charge is 2.31. The summed E-state index contributed by atoms with van der Waals surface area (Å²) in [6.07, 6.45) is -9.41. The minimum atomic E-state index is -4.85. The Bertz CT molecular complexity index is 1640. The van der Waals surface area contributed by atoms with Crippen molar-refractivity contribution in [2.75, 3.05) is 6.54 Å². The average Bonchev–Trinajstić information content (AvgIpc) is 2.97. The Hall–Kier alpha value is -5.20. The molecule has 0 aliphatic heterocycles. The number of carbonyl (C=O) groups excluding carboxylic acids is 1. The summed E-state index contributed by atoms with van der Waals surface area (Å²) in [5, 5.41) is 11.3. The quantitative estimate of drug-likeness (QED) is 0.150. The van der Waals surface area contributed by atoms with Gasteiger partial charge in [0.05, 0.1) is 6.42 Å². The molecule has 4 rings (SSSR count). The molecule has 1 atom stereocenters. The van der Waals surface area contributed by atoms with E-state index in [1.165, 1.54) is 36.4 Å². The fourth-order valence-electron chi connectivity index (χ4n) is 4.53. The predicted octanol–water partition coefficient (Wildman–Crippen LogP) is 8.49. The molecule has 0 saturated carbocycles. The van der Waals surface area contributed by atoms with Crippen molar-refractivity contribution in [3.63, 3.8) is 0 Å². The first-order chi connectivity index (χ1) is 21.6. The SMILES string of the molecule is CC(Cc1ccc(C(=O)NCCC(=O)O)cc1)c1cc(-c2ccc(OC(F)(F)F)cc2)ccc1Oc1ccc(OC(F)(F)F)cc1. The van der Waals surface area contributed by atoms with E-state index in [9.17, 15) is 35.9 Å². The highest BCUT2D eigenvalue weighted by atomic mass is 19.4. The zero-order chi connectivity index (χ0) is 33.5. The van der Waals surface area contributed by atoms with Gasteiger partial charge >= 0.3 is 18.7 Å². The van der Waals surface area contributed by atoms with Crippen LogP contribution < -0.4 is 19.5 Å². The molecule has 1 unspecified atom stereocenters. The van der Waals surface area contributed by atoms with Crippen molar-refractivity contribution in [3.05, 3.63) is 108 Å². The van der Waals surface area contributed by atoms with Gasteiger partial charge in [0.1, 0.15) is 23.0 Å². The first kappa shape index (κ1) is 33.7. The number of carbonyl (C=O) groups is 2. The molecule has 0 heterocycles. The fourth-order valence-corrected chi connectivity index (χ4v) is 4.53. The van der Waals surface area contributed by atoms with Gasteiger partial charge in [-0.25, -0.2) is 0 Å². The summed E-state index contributed by atoms with van der Waals surface area (Å²) in [6, 6.07) is 22.1. The Labute approximate surface area is 259 Å². The smallest absolute Gasteiger partial charge is 0.481 e. The summed E-state index contributed by atoms with van der Waals surface area (Å²) in [6.45, 7) is 1.90. The second-order valence-corrected chi connectivity index (χ2v) is 10.1. The molecular formula is C33H27F6NO6. The van der Waals surface area contributed by atoms with E-state index in [-0.39, 0.29) is 30.4 Å². The number of alkyl halides is 6. The molecule has 13 heteroatoms. The first-order valence-corrected chi connectivity index (χ1v) is 13.8. The van der Waals surface area contributed by atoms with Gasteiger partial charge in [0.25, 0.3) is 5.91 Å². The number of aliphatic carboxylic acids is 1. The molecule has 0 aliphatic rings. The number of ether oxygens (including phenoxy) is 3. The van der Waals surface area contributed by atoms with Crippen molar-refractivity contribution in [3.8, 4) is 34.1 Å². The lowest BCUT2D eigenvalue weighted by Gasteiger charge is -2.19. The van der Waals surface area contributed by atoms with Gasteiger partial charge in [-0.2, -0.15) is 0 Å². The minimum absolute atomic E-state index is 0.0117. The third kappa shape index (κ3) is 10.2. The molecule has 0 spiro atoms. The lowest BCUT2D eigenvalue weighted by Crippen LogP contribution is -2.25. The molecule has 2 N–H and O–H groups in total. The Kier molecular flexibility index (Phi) is 10.5. The van der Waals surface area contributed by atoms with Crippen molar-refractivity contribution >= 4 is 11.9 Å².